The van der Waals surface area contributed by atoms with Crippen LogP contribution in [0.3, 0.4) is 0 Å². The number of piperidine rings is 1. The Morgan fingerprint density at radius 2 is 1.95 bits per heavy atom. The minimum atomic E-state index is 0.272. The van der Waals surface area contributed by atoms with Gasteiger partial charge in [0, 0.05) is 37.3 Å². The molecule has 1 fully saturated rings. The number of hydrogen-bond donors (Lipinski definition) is 1. The van der Waals surface area contributed by atoms with Crippen molar-refractivity contribution in [1.29, 1.82) is 0 Å². The third-order valence-corrected chi connectivity index (χ3v) is 4.31. The number of ether oxygens (including phenoxy) is 1. The lowest BCUT2D eigenvalue weighted by Crippen LogP contribution is -2.43. The number of nitrogens with zero attached hydrogens (tertiary/aromatic N) is 1. The second-order valence-corrected chi connectivity index (χ2v) is 6.22. The Balaban J connectivity index is 1.56. The van der Waals surface area contributed by atoms with Crippen LogP contribution in [0, 0.1) is 5.92 Å². The second-order valence-electron chi connectivity index (χ2n) is 6.22. The number of likely N-dealkylation sites (tertiary alicyclic amines) is 1. The molecule has 116 valence electrons. The van der Waals surface area contributed by atoms with Crippen molar-refractivity contribution in [3.05, 3.63) is 60.2 Å². The highest BCUT2D eigenvalue weighted by Gasteiger charge is 2.27. The summed E-state index contributed by atoms with van der Waals surface area (Å²) in [6.07, 6.45) is 1.33. The zero-order chi connectivity index (χ0) is 15.4. The first kappa shape index (κ1) is 14.9. The van der Waals surface area contributed by atoms with Crippen molar-refractivity contribution in [2.45, 2.75) is 26.0 Å². The Morgan fingerprint density at radius 3 is 2.68 bits per heavy atom. The molecule has 1 aliphatic heterocycles. The first-order chi connectivity index (χ1) is 10.7. The molecule has 3 rings (SSSR count). The molecule has 0 aromatic heterocycles. The third kappa shape index (κ3) is 3.80. The Morgan fingerprint density at radius 1 is 1.14 bits per heavy atom. The van der Waals surface area contributed by atoms with E-state index in [2.05, 4.69) is 42.2 Å². The summed E-state index contributed by atoms with van der Waals surface area (Å²) in [4.78, 5) is 2.51. The third-order valence-electron chi connectivity index (χ3n) is 4.31. The summed E-state index contributed by atoms with van der Waals surface area (Å²) in [7, 11) is 0. The van der Waals surface area contributed by atoms with E-state index in [9.17, 15) is 0 Å². The second kappa shape index (κ2) is 6.84. The summed E-state index contributed by atoms with van der Waals surface area (Å²) in [6, 6.07) is 18.4. The highest BCUT2D eigenvalue weighted by atomic mass is 16.5. The minimum Gasteiger partial charge on any atom is -0.490 e. The largest absolute Gasteiger partial charge is 0.490 e. The average molecular weight is 296 g/mol. The molecular weight excluding hydrogens is 272 g/mol. The molecule has 0 saturated carbocycles. The SMILES string of the molecule is C[C@H]1CN(Cc2ccccc2)CC[C@H]1Oc1cccc(N)c1. The lowest BCUT2D eigenvalue weighted by molar-refractivity contribution is 0.0491. The van der Waals surface area contributed by atoms with Crippen molar-refractivity contribution in [3.63, 3.8) is 0 Å². The van der Waals surface area contributed by atoms with Crippen LogP contribution in [0.15, 0.2) is 54.6 Å². The topological polar surface area (TPSA) is 38.5 Å². The van der Waals surface area contributed by atoms with Crippen LogP contribution in [0.1, 0.15) is 18.9 Å². The maximum atomic E-state index is 6.14. The Labute approximate surface area is 132 Å². The van der Waals surface area contributed by atoms with E-state index in [4.69, 9.17) is 10.5 Å². The summed E-state index contributed by atoms with van der Waals surface area (Å²) in [5.74, 6) is 1.40. The van der Waals surface area contributed by atoms with Crippen LogP contribution in [-0.2, 0) is 6.54 Å². The van der Waals surface area contributed by atoms with Gasteiger partial charge in [-0.2, -0.15) is 0 Å². The van der Waals surface area contributed by atoms with Gasteiger partial charge in [0.15, 0.2) is 0 Å². The fourth-order valence-electron chi connectivity index (χ4n) is 3.13. The van der Waals surface area contributed by atoms with Crippen molar-refractivity contribution in [2.75, 3.05) is 18.8 Å². The summed E-state index contributed by atoms with van der Waals surface area (Å²) in [6.45, 7) is 5.44. The molecule has 2 atom stereocenters. The van der Waals surface area contributed by atoms with Gasteiger partial charge in [-0.1, -0.05) is 43.3 Å². The van der Waals surface area contributed by atoms with Gasteiger partial charge in [0.05, 0.1) is 0 Å². The average Bonchev–Trinajstić information content (AvgIpc) is 2.51. The maximum Gasteiger partial charge on any atom is 0.121 e. The van der Waals surface area contributed by atoms with Crippen LogP contribution in [0.5, 0.6) is 5.75 Å². The number of anilines is 1. The van der Waals surface area contributed by atoms with Gasteiger partial charge in [0.1, 0.15) is 11.9 Å². The maximum absolute atomic E-state index is 6.14. The molecule has 1 saturated heterocycles. The smallest absolute Gasteiger partial charge is 0.121 e. The Hall–Kier alpha value is -2.00. The van der Waals surface area contributed by atoms with Crippen LogP contribution < -0.4 is 10.5 Å². The summed E-state index contributed by atoms with van der Waals surface area (Å²) >= 11 is 0. The van der Waals surface area contributed by atoms with E-state index in [1.165, 1.54) is 5.56 Å². The molecule has 1 aliphatic rings. The van der Waals surface area contributed by atoms with Gasteiger partial charge in [-0.25, -0.2) is 0 Å². The number of hydrogen-bond acceptors (Lipinski definition) is 3. The molecule has 0 unspecified atom stereocenters. The van der Waals surface area contributed by atoms with Crippen LogP contribution in [-0.4, -0.2) is 24.1 Å². The zero-order valence-electron chi connectivity index (χ0n) is 13.1. The van der Waals surface area contributed by atoms with Gasteiger partial charge < -0.3 is 10.5 Å². The summed E-state index contributed by atoms with van der Waals surface area (Å²) in [5.41, 5.74) is 7.95. The summed E-state index contributed by atoms with van der Waals surface area (Å²) < 4.78 is 6.14. The normalized spacial score (nSPS) is 22.4. The Bertz CT molecular complexity index is 599. The number of benzene rings is 2. The fraction of sp³-hybridized carbons (Fsp3) is 0.368. The molecule has 2 N–H and O–H groups in total. The van der Waals surface area contributed by atoms with Crippen LogP contribution in [0.25, 0.3) is 0 Å². The molecule has 3 heteroatoms. The van der Waals surface area contributed by atoms with Crippen molar-refractivity contribution in [1.82, 2.24) is 4.90 Å². The lowest BCUT2D eigenvalue weighted by atomic mass is 9.96. The van der Waals surface area contributed by atoms with E-state index in [0.717, 1.165) is 37.5 Å². The fourth-order valence-corrected chi connectivity index (χ4v) is 3.13. The van der Waals surface area contributed by atoms with E-state index in [1.54, 1.807) is 0 Å². The van der Waals surface area contributed by atoms with Gasteiger partial charge in [-0.05, 0) is 24.1 Å². The van der Waals surface area contributed by atoms with Crippen molar-refractivity contribution in [2.24, 2.45) is 5.92 Å². The standard InChI is InChI=1S/C19H24N2O/c1-15-13-21(14-16-6-3-2-4-7-16)11-10-19(15)22-18-9-5-8-17(20)12-18/h2-9,12,15,19H,10-11,13-14,20H2,1H3/t15-,19+/m0/s1. The molecule has 22 heavy (non-hydrogen) atoms. The molecule has 2 aromatic carbocycles. The van der Waals surface area contributed by atoms with Gasteiger partial charge in [-0.3, -0.25) is 4.90 Å². The number of rotatable bonds is 4. The Kier molecular flexibility index (Phi) is 4.64. The first-order valence-corrected chi connectivity index (χ1v) is 7.99. The highest BCUT2D eigenvalue weighted by Crippen LogP contribution is 2.25. The van der Waals surface area contributed by atoms with E-state index in [1.807, 2.05) is 24.3 Å². The van der Waals surface area contributed by atoms with E-state index in [0.29, 0.717) is 5.92 Å². The zero-order valence-corrected chi connectivity index (χ0v) is 13.1. The molecule has 0 bridgehead atoms. The molecule has 2 aromatic rings. The molecule has 0 amide bonds. The van der Waals surface area contributed by atoms with Crippen molar-refractivity contribution >= 4 is 5.69 Å². The highest BCUT2D eigenvalue weighted by molar-refractivity contribution is 5.43. The number of nitrogen functional groups attached to an aromatic ring is 1. The lowest BCUT2D eigenvalue weighted by Gasteiger charge is -2.37. The van der Waals surface area contributed by atoms with Crippen LogP contribution in [0.2, 0.25) is 0 Å². The molecule has 0 aliphatic carbocycles. The quantitative estimate of drug-likeness (QED) is 0.877. The van der Waals surface area contributed by atoms with Gasteiger partial charge in [0.25, 0.3) is 0 Å². The predicted molar refractivity (Wildman–Crippen MR) is 90.8 cm³/mol. The molecule has 0 spiro atoms. The molecule has 1 heterocycles. The van der Waals surface area contributed by atoms with E-state index >= 15 is 0 Å². The van der Waals surface area contributed by atoms with Crippen LogP contribution >= 0.6 is 0 Å². The molecule has 3 nitrogen and oxygen atoms in total. The van der Waals surface area contributed by atoms with E-state index in [-0.39, 0.29) is 6.10 Å². The summed E-state index contributed by atoms with van der Waals surface area (Å²) in [5, 5.41) is 0. The molecular formula is C19H24N2O. The predicted octanol–water partition coefficient (Wildman–Crippen LogP) is 3.56. The minimum absolute atomic E-state index is 0.272. The number of nitrogens with two attached hydrogens (primary N) is 1. The van der Waals surface area contributed by atoms with Crippen LogP contribution in [0.4, 0.5) is 5.69 Å². The first-order valence-electron chi connectivity index (χ1n) is 7.99. The van der Waals surface area contributed by atoms with Gasteiger partial charge in [-0.15, -0.1) is 0 Å². The van der Waals surface area contributed by atoms with Gasteiger partial charge >= 0.3 is 0 Å². The monoisotopic (exact) mass is 296 g/mol. The van der Waals surface area contributed by atoms with Gasteiger partial charge in [0.2, 0.25) is 0 Å². The van der Waals surface area contributed by atoms with Crippen molar-refractivity contribution in [3.8, 4) is 5.75 Å². The van der Waals surface area contributed by atoms with E-state index < -0.39 is 0 Å². The molecule has 0 radical (unpaired) electrons. The van der Waals surface area contributed by atoms with Crippen molar-refractivity contribution < 1.29 is 4.74 Å².